The normalized spacial score (nSPS) is 13.4. The van der Waals surface area contributed by atoms with Gasteiger partial charge in [-0.1, -0.05) is 68.8 Å². The number of hydrogen-bond donors (Lipinski definition) is 4. The van der Waals surface area contributed by atoms with Crippen molar-refractivity contribution in [2.24, 2.45) is 4.99 Å². The van der Waals surface area contributed by atoms with Crippen LogP contribution in [0.15, 0.2) is 89.9 Å². The van der Waals surface area contributed by atoms with E-state index in [9.17, 15) is 33.0 Å². The molecule has 15 nitrogen and oxygen atoms in total. The van der Waals surface area contributed by atoms with Gasteiger partial charge in [0.15, 0.2) is 11.6 Å². The molecule has 8 rings (SSSR count). The Bertz CT molecular complexity index is 3110. The molecule has 72 heavy (non-hydrogen) atoms. The highest BCUT2D eigenvalue weighted by atomic mass is 35.5. The van der Waals surface area contributed by atoms with Crippen LogP contribution in [0.4, 0.5) is 13.2 Å². The first-order chi connectivity index (χ1) is 34.4. The SMILES string of the molecule is CCN(Cc1ccc(OCCCNC(=O)C[C@@H]2N=C(c3ccc(Cl)cc3)c3c(sc(C)c3C)-n3c(C)nnc32)cc1)Cc1ccc(-n2c(C(=O)NCC(F)(F)F)nnc2-c2cc(C(C)C)c(O)cc2O)cc1. The van der Waals surface area contributed by atoms with E-state index in [1.165, 1.54) is 10.6 Å². The predicted octanol–water partition coefficient (Wildman–Crippen LogP) is 9.87. The Kier molecular flexibility index (Phi) is 15.5. The summed E-state index contributed by atoms with van der Waals surface area (Å²) in [5, 5.41) is 44.8. The first-order valence-electron chi connectivity index (χ1n) is 23.4. The van der Waals surface area contributed by atoms with Crippen molar-refractivity contribution in [1.82, 2.24) is 45.1 Å². The second-order valence-electron chi connectivity index (χ2n) is 17.8. The van der Waals surface area contributed by atoms with Crippen molar-refractivity contribution in [1.29, 1.82) is 0 Å². The maximum atomic E-state index is 13.4. The minimum absolute atomic E-state index is 0.000427. The van der Waals surface area contributed by atoms with E-state index in [1.807, 2.05) is 98.2 Å². The Morgan fingerprint density at radius 2 is 1.56 bits per heavy atom. The zero-order valence-electron chi connectivity index (χ0n) is 40.5. The number of fused-ring (bicyclic) bond motifs is 3. The van der Waals surface area contributed by atoms with Crippen LogP contribution >= 0.6 is 22.9 Å². The molecule has 4 heterocycles. The monoisotopic (exact) mass is 1020 g/mol. The highest BCUT2D eigenvalue weighted by molar-refractivity contribution is 7.15. The summed E-state index contributed by atoms with van der Waals surface area (Å²) in [6.45, 7) is 12.9. The smallest absolute Gasteiger partial charge is 0.405 e. The lowest BCUT2D eigenvalue weighted by Gasteiger charge is -2.21. The number of carbonyl (C=O) groups excluding carboxylic acids is 2. The molecule has 0 unspecified atom stereocenters. The van der Waals surface area contributed by atoms with Gasteiger partial charge in [-0.05, 0) is 104 Å². The van der Waals surface area contributed by atoms with Crippen LogP contribution < -0.4 is 15.4 Å². The van der Waals surface area contributed by atoms with Gasteiger partial charge in [-0.2, -0.15) is 13.2 Å². The van der Waals surface area contributed by atoms with Gasteiger partial charge in [0.1, 0.15) is 40.7 Å². The molecule has 0 radical (unpaired) electrons. The number of aromatic hydroxyl groups is 2. The van der Waals surface area contributed by atoms with Gasteiger partial charge in [0.05, 0.1) is 24.3 Å². The second-order valence-corrected chi connectivity index (χ2v) is 19.5. The standard InChI is InChI=1S/C52H54ClF3N10O5S/c1-7-64(26-33-9-17-37(18-10-33)66-47(40-23-39(29(2)3)42(67)25-43(40)68)61-63-49(66)50(70)58-28-52(54,55)56)27-34-11-19-38(20-12-34)71-22-8-21-57-44(69)24-41-48-62-60-32(6)65(48)51-45(30(4)31(5)72-51)46(59-41)35-13-15-36(53)16-14-35/h9-20,23,25,29,41,67-68H,7-8,21-22,24,26-28H2,1-6H3,(H,57,69)(H,58,70)/t41-/m0/s1. The van der Waals surface area contributed by atoms with Crippen molar-refractivity contribution in [3.63, 3.8) is 0 Å². The number of aromatic nitrogens is 6. The van der Waals surface area contributed by atoms with Gasteiger partial charge < -0.3 is 25.6 Å². The number of carbonyl (C=O) groups is 2. The first kappa shape index (κ1) is 51.3. The number of phenols is 2. The third-order valence-electron chi connectivity index (χ3n) is 12.3. The summed E-state index contributed by atoms with van der Waals surface area (Å²) < 4.78 is 48.6. The van der Waals surface area contributed by atoms with Crippen molar-refractivity contribution >= 4 is 40.5 Å². The molecule has 0 aliphatic carbocycles. The zero-order chi connectivity index (χ0) is 51.4. The van der Waals surface area contributed by atoms with Crippen LogP contribution in [0.2, 0.25) is 5.02 Å². The molecule has 376 valence electrons. The van der Waals surface area contributed by atoms with E-state index in [0.29, 0.717) is 67.1 Å². The summed E-state index contributed by atoms with van der Waals surface area (Å²) in [5.41, 5.74) is 6.77. The molecule has 0 fully saturated rings. The number of benzene rings is 4. The van der Waals surface area contributed by atoms with Crippen molar-refractivity contribution in [3.05, 3.63) is 146 Å². The van der Waals surface area contributed by atoms with Crippen LogP contribution in [0.3, 0.4) is 0 Å². The van der Waals surface area contributed by atoms with E-state index in [0.717, 1.165) is 55.3 Å². The van der Waals surface area contributed by atoms with E-state index in [-0.39, 0.29) is 41.1 Å². The van der Waals surface area contributed by atoms with Crippen molar-refractivity contribution in [2.75, 3.05) is 26.2 Å². The molecular weight excluding hydrogens is 969 g/mol. The maximum Gasteiger partial charge on any atom is 0.405 e. The number of thiophene rings is 1. The number of nitrogens with one attached hydrogen (secondary N) is 2. The van der Waals surface area contributed by atoms with Gasteiger partial charge in [0.25, 0.3) is 5.91 Å². The zero-order valence-corrected chi connectivity index (χ0v) is 42.1. The molecule has 0 saturated heterocycles. The number of aliphatic imine (C=N–C) groups is 1. The van der Waals surface area contributed by atoms with Gasteiger partial charge in [-0.3, -0.25) is 28.6 Å². The van der Waals surface area contributed by atoms with Crippen molar-refractivity contribution < 1.29 is 37.7 Å². The third-order valence-corrected chi connectivity index (χ3v) is 13.8. The quantitative estimate of drug-likeness (QED) is 0.0604. The molecule has 20 heteroatoms. The van der Waals surface area contributed by atoms with Crippen molar-refractivity contribution in [2.45, 2.75) is 85.6 Å². The Labute approximate surface area is 423 Å². The van der Waals surface area contributed by atoms with Crippen LogP contribution in [-0.4, -0.2) is 94.6 Å². The fraction of sp³-hybridized carbons (Fsp3) is 0.327. The van der Waals surface area contributed by atoms with Crippen LogP contribution in [0.25, 0.3) is 22.1 Å². The highest BCUT2D eigenvalue weighted by Crippen LogP contribution is 2.41. The van der Waals surface area contributed by atoms with E-state index >= 15 is 0 Å². The second kappa shape index (κ2) is 21.7. The summed E-state index contributed by atoms with van der Waals surface area (Å²) >= 11 is 7.91. The molecule has 4 aromatic carbocycles. The first-order valence-corrected chi connectivity index (χ1v) is 24.6. The van der Waals surface area contributed by atoms with Crippen LogP contribution in [-0.2, 0) is 17.9 Å². The van der Waals surface area contributed by atoms with Gasteiger partial charge in [-0.25, -0.2) is 0 Å². The lowest BCUT2D eigenvalue weighted by molar-refractivity contribution is -0.123. The van der Waals surface area contributed by atoms with Crippen LogP contribution in [0.1, 0.15) is 106 Å². The summed E-state index contributed by atoms with van der Waals surface area (Å²) in [4.78, 5) is 35.1. The molecular formula is C52H54ClF3N10O5S. The van der Waals surface area contributed by atoms with E-state index < -0.39 is 30.5 Å². The average molecular weight is 1020 g/mol. The number of halogens is 4. The molecule has 1 atom stereocenters. The van der Waals surface area contributed by atoms with Gasteiger partial charge in [0.2, 0.25) is 11.7 Å². The average Bonchev–Trinajstić information content (AvgIpc) is 4.01. The van der Waals surface area contributed by atoms with Gasteiger partial charge in [-0.15, -0.1) is 31.7 Å². The number of ether oxygens (including phenoxy) is 1. The molecule has 1 aliphatic rings. The largest absolute Gasteiger partial charge is 0.508 e. The predicted molar refractivity (Wildman–Crippen MR) is 270 cm³/mol. The fourth-order valence-electron chi connectivity index (χ4n) is 8.45. The topological polar surface area (TPSA) is 185 Å². The Balaban J connectivity index is 0.864. The number of rotatable bonds is 18. The van der Waals surface area contributed by atoms with Crippen molar-refractivity contribution in [3.8, 4) is 39.3 Å². The van der Waals surface area contributed by atoms with Gasteiger partial charge in [0, 0.05) is 52.4 Å². The van der Waals surface area contributed by atoms with E-state index in [2.05, 4.69) is 44.5 Å². The lowest BCUT2D eigenvalue weighted by atomic mass is 9.98. The van der Waals surface area contributed by atoms with E-state index in [1.54, 1.807) is 23.5 Å². The number of aryl methyl sites for hydroxylation is 2. The Morgan fingerprint density at radius 3 is 2.21 bits per heavy atom. The molecule has 7 aromatic rings. The third kappa shape index (κ3) is 11.5. The van der Waals surface area contributed by atoms with E-state index in [4.69, 9.17) is 21.3 Å². The molecule has 4 N–H and O–H groups in total. The van der Waals surface area contributed by atoms with Crippen LogP contribution in [0, 0.1) is 20.8 Å². The minimum atomic E-state index is -4.66. The molecule has 0 bridgehead atoms. The summed E-state index contributed by atoms with van der Waals surface area (Å²) in [7, 11) is 0. The molecule has 0 saturated carbocycles. The summed E-state index contributed by atoms with van der Waals surface area (Å²) in [6, 6.07) is 24.6. The van der Waals surface area contributed by atoms with Crippen LogP contribution in [0.5, 0.6) is 17.2 Å². The number of alkyl halides is 3. The number of phenolic OH excluding ortho intramolecular Hbond substituents is 2. The lowest BCUT2D eigenvalue weighted by Crippen LogP contribution is -2.35. The summed E-state index contributed by atoms with van der Waals surface area (Å²) in [5.74, 6) is -0.300. The maximum absolute atomic E-state index is 13.4. The number of nitrogens with zero attached hydrogens (tertiary/aromatic N) is 8. The molecule has 1 aliphatic heterocycles. The molecule has 0 spiro atoms. The molecule has 2 amide bonds. The number of amides is 2. The highest BCUT2D eigenvalue weighted by Gasteiger charge is 2.33. The number of hydrogen-bond acceptors (Lipinski definition) is 12. The Hall–Kier alpha value is -7.09. The fourth-order valence-corrected chi connectivity index (χ4v) is 9.79. The van der Waals surface area contributed by atoms with Gasteiger partial charge >= 0.3 is 6.18 Å². The molecule has 3 aromatic heterocycles. The Morgan fingerprint density at radius 1 is 0.875 bits per heavy atom. The summed E-state index contributed by atoms with van der Waals surface area (Å²) in [6.07, 6.45) is -4.00. The minimum Gasteiger partial charge on any atom is -0.508 e.